The molecule has 0 fully saturated rings. The summed E-state index contributed by atoms with van der Waals surface area (Å²) in [5.74, 6) is 0.757. The third-order valence-electron chi connectivity index (χ3n) is 3.32. The summed E-state index contributed by atoms with van der Waals surface area (Å²) in [4.78, 5) is 12.0. The molecule has 116 valence electrons. The Kier molecular flexibility index (Phi) is 5.69. The van der Waals surface area contributed by atoms with Crippen molar-refractivity contribution in [2.45, 2.75) is 19.9 Å². The molecule has 5 heteroatoms. The minimum absolute atomic E-state index is 0.0596. The summed E-state index contributed by atoms with van der Waals surface area (Å²) in [5, 5.41) is 3.98. The minimum Gasteiger partial charge on any atom is -0.496 e. The van der Waals surface area contributed by atoms with Gasteiger partial charge in [-0.05, 0) is 41.8 Å². The first kappa shape index (κ1) is 16.7. The molecule has 0 saturated heterocycles. The van der Waals surface area contributed by atoms with Crippen LogP contribution in [0.5, 0.6) is 5.75 Å². The summed E-state index contributed by atoms with van der Waals surface area (Å²) < 4.78 is 5.21. The molecule has 0 aromatic heterocycles. The Balaban J connectivity index is 1.94. The van der Waals surface area contributed by atoms with Crippen molar-refractivity contribution in [2.75, 3.05) is 7.11 Å². The number of carbonyl (C=O) groups is 1. The third kappa shape index (κ3) is 4.39. The van der Waals surface area contributed by atoms with Crippen LogP contribution >= 0.6 is 23.2 Å². The first-order valence-electron chi connectivity index (χ1n) is 6.83. The highest BCUT2D eigenvalue weighted by Crippen LogP contribution is 2.21. The molecular weight excluding hydrogens is 321 g/mol. The van der Waals surface area contributed by atoms with Crippen LogP contribution < -0.4 is 10.1 Å². The van der Waals surface area contributed by atoms with E-state index in [2.05, 4.69) is 5.32 Å². The van der Waals surface area contributed by atoms with Crippen molar-refractivity contribution in [2.24, 2.45) is 0 Å². The molecule has 0 spiro atoms. The molecule has 0 atom stereocenters. The van der Waals surface area contributed by atoms with E-state index < -0.39 is 0 Å². The summed E-state index contributed by atoms with van der Waals surface area (Å²) in [6.07, 6.45) is 0.316. The van der Waals surface area contributed by atoms with Gasteiger partial charge in [-0.1, -0.05) is 41.4 Å². The van der Waals surface area contributed by atoms with Gasteiger partial charge in [0.15, 0.2) is 0 Å². The fourth-order valence-corrected chi connectivity index (χ4v) is 2.63. The summed E-state index contributed by atoms with van der Waals surface area (Å²) >= 11 is 11.9. The van der Waals surface area contributed by atoms with Gasteiger partial charge >= 0.3 is 0 Å². The van der Waals surface area contributed by atoms with Gasteiger partial charge in [0.05, 0.1) is 13.5 Å². The van der Waals surface area contributed by atoms with Crippen LogP contribution in [0.25, 0.3) is 0 Å². The fraction of sp³-hybridized carbons (Fsp3) is 0.235. The standard InChI is InChI=1S/C17H17Cl2NO2/c1-11-7-12(3-6-16(11)22-2)8-17(21)20-10-13-4-5-14(18)9-15(13)19/h3-7,9H,8,10H2,1-2H3,(H,20,21). The molecular formula is C17H17Cl2NO2. The van der Waals surface area contributed by atoms with Crippen molar-refractivity contribution >= 4 is 29.1 Å². The first-order chi connectivity index (χ1) is 10.5. The van der Waals surface area contributed by atoms with E-state index in [1.165, 1.54) is 0 Å². The van der Waals surface area contributed by atoms with E-state index in [0.717, 1.165) is 22.4 Å². The van der Waals surface area contributed by atoms with Crippen LogP contribution in [-0.4, -0.2) is 13.0 Å². The molecule has 0 radical (unpaired) electrons. The molecule has 0 saturated carbocycles. The zero-order valence-electron chi connectivity index (χ0n) is 12.5. The zero-order valence-corrected chi connectivity index (χ0v) is 14.0. The quantitative estimate of drug-likeness (QED) is 0.889. The highest BCUT2D eigenvalue weighted by molar-refractivity contribution is 6.35. The van der Waals surface area contributed by atoms with Crippen LogP contribution in [0.15, 0.2) is 36.4 Å². The molecule has 22 heavy (non-hydrogen) atoms. The topological polar surface area (TPSA) is 38.3 Å². The Morgan fingerprint density at radius 3 is 2.59 bits per heavy atom. The van der Waals surface area contributed by atoms with Gasteiger partial charge < -0.3 is 10.1 Å². The SMILES string of the molecule is COc1ccc(CC(=O)NCc2ccc(Cl)cc2Cl)cc1C. The van der Waals surface area contributed by atoms with E-state index in [0.29, 0.717) is 23.0 Å². The summed E-state index contributed by atoms with van der Waals surface area (Å²) in [5.41, 5.74) is 2.79. The highest BCUT2D eigenvalue weighted by atomic mass is 35.5. The van der Waals surface area contributed by atoms with Crippen molar-refractivity contribution in [3.63, 3.8) is 0 Å². The summed E-state index contributed by atoms with van der Waals surface area (Å²) in [7, 11) is 1.63. The lowest BCUT2D eigenvalue weighted by atomic mass is 10.1. The predicted molar refractivity (Wildman–Crippen MR) is 89.7 cm³/mol. The molecule has 1 N–H and O–H groups in total. The average Bonchev–Trinajstić information content (AvgIpc) is 2.46. The molecule has 3 nitrogen and oxygen atoms in total. The predicted octanol–water partition coefficient (Wildman–Crippen LogP) is 4.17. The number of hydrogen-bond acceptors (Lipinski definition) is 2. The number of benzene rings is 2. The molecule has 0 aliphatic heterocycles. The number of nitrogens with one attached hydrogen (secondary N) is 1. The number of amides is 1. The Morgan fingerprint density at radius 1 is 1.18 bits per heavy atom. The number of methoxy groups -OCH3 is 1. The number of aryl methyl sites for hydroxylation is 1. The molecule has 2 rings (SSSR count). The fourth-order valence-electron chi connectivity index (χ4n) is 2.16. The highest BCUT2D eigenvalue weighted by Gasteiger charge is 2.07. The number of carbonyl (C=O) groups excluding carboxylic acids is 1. The van der Waals surface area contributed by atoms with Gasteiger partial charge in [-0.3, -0.25) is 4.79 Å². The van der Waals surface area contributed by atoms with E-state index in [1.54, 1.807) is 19.2 Å². The van der Waals surface area contributed by atoms with Crippen molar-refractivity contribution in [3.05, 3.63) is 63.1 Å². The molecule has 0 unspecified atom stereocenters. The zero-order chi connectivity index (χ0) is 16.1. The molecule has 2 aromatic rings. The monoisotopic (exact) mass is 337 g/mol. The number of ether oxygens (including phenoxy) is 1. The van der Waals surface area contributed by atoms with Gasteiger partial charge in [-0.25, -0.2) is 0 Å². The van der Waals surface area contributed by atoms with Gasteiger partial charge in [0.25, 0.3) is 0 Å². The molecule has 0 aliphatic carbocycles. The molecule has 0 heterocycles. The van der Waals surface area contributed by atoms with Crippen LogP contribution in [0.4, 0.5) is 0 Å². The second kappa shape index (κ2) is 7.52. The third-order valence-corrected chi connectivity index (χ3v) is 3.90. The van der Waals surface area contributed by atoms with Crippen LogP contribution in [-0.2, 0) is 17.8 Å². The lowest BCUT2D eigenvalue weighted by Gasteiger charge is -2.09. The lowest BCUT2D eigenvalue weighted by Crippen LogP contribution is -2.24. The largest absolute Gasteiger partial charge is 0.496 e. The molecule has 0 aliphatic rings. The Hall–Kier alpha value is -1.71. The van der Waals surface area contributed by atoms with E-state index in [1.807, 2.05) is 31.2 Å². The van der Waals surface area contributed by atoms with Crippen LogP contribution in [0.1, 0.15) is 16.7 Å². The van der Waals surface area contributed by atoms with E-state index >= 15 is 0 Å². The van der Waals surface area contributed by atoms with E-state index in [-0.39, 0.29) is 5.91 Å². The maximum atomic E-state index is 12.0. The van der Waals surface area contributed by atoms with Crippen LogP contribution in [0.2, 0.25) is 10.0 Å². The van der Waals surface area contributed by atoms with Gasteiger partial charge in [0, 0.05) is 16.6 Å². The smallest absolute Gasteiger partial charge is 0.224 e. The second-order valence-corrected chi connectivity index (χ2v) is 5.84. The van der Waals surface area contributed by atoms with E-state index in [9.17, 15) is 4.79 Å². The number of rotatable bonds is 5. The summed E-state index contributed by atoms with van der Waals surface area (Å²) in [6, 6.07) is 10.9. The number of halogens is 2. The van der Waals surface area contributed by atoms with Crippen LogP contribution in [0.3, 0.4) is 0 Å². The Morgan fingerprint density at radius 2 is 1.95 bits per heavy atom. The van der Waals surface area contributed by atoms with Gasteiger partial charge in [-0.2, -0.15) is 0 Å². The normalized spacial score (nSPS) is 10.4. The maximum absolute atomic E-state index is 12.0. The Labute approximate surface area is 140 Å². The summed E-state index contributed by atoms with van der Waals surface area (Å²) in [6.45, 7) is 2.33. The minimum atomic E-state index is -0.0596. The van der Waals surface area contributed by atoms with Crippen molar-refractivity contribution in [3.8, 4) is 5.75 Å². The first-order valence-corrected chi connectivity index (χ1v) is 7.59. The second-order valence-electron chi connectivity index (χ2n) is 4.99. The lowest BCUT2D eigenvalue weighted by molar-refractivity contribution is -0.120. The maximum Gasteiger partial charge on any atom is 0.224 e. The van der Waals surface area contributed by atoms with Gasteiger partial charge in [0.2, 0.25) is 5.91 Å². The molecule has 0 bridgehead atoms. The Bertz CT molecular complexity index is 686. The molecule has 2 aromatic carbocycles. The van der Waals surface area contributed by atoms with Gasteiger partial charge in [-0.15, -0.1) is 0 Å². The van der Waals surface area contributed by atoms with Crippen molar-refractivity contribution in [1.82, 2.24) is 5.32 Å². The van der Waals surface area contributed by atoms with Crippen LogP contribution in [0, 0.1) is 6.92 Å². The average molecular weight is 338 g/mol. The van der Waals surface area contributed by atoms with Crippen molar-refractivity contribution < 1.29 is 9.53 Å². The van der Waals surface area contributed by atoms with E-state index in [4.69, 9.17) is 27.9 Å². The van der Waals surface area contributed by atoms with Crippen molar-refractivity contribution in [1.29, 1.82) is 0 Å². The molecule has 1 amide bonds. The van der Waals surface area contributed by atoms with Gasteiger partial charge in [0.1, 0.15) is 5.75 Å². The number of hydrogen-bond donors (Lipinski definition) is 1.